The van der Waals surface area contributed by atoms with Crippen LogP contribution in [0.15, 0.2) is 0 Å². The molecule has 2 rings (SSSR count). The average molecular weight is 314 g/mol. The van der Waals surface area contributed by atoms with Gasteiger partial charge in [-0.2, -0.15) is 18.3 Å². The molecule has 0 bridgehead atoms. The van der Waals surface area contributed by atoms with Crippen molar-refractivity contribution in [1.82, 2.24) is 9.78 Å². The lowest BCUT2D eigenvalue weighted by molar-refractivity contribution is -0.143. The van der Waals surface area contributed by atoms with Crippen LogP contribution in [0.3, 0.4) is 0 Å². The Morgan fingerprint density at radius 2 is 1.86 bits per heavy atom. The van der Waals surface area contributed by atoms with Crippen LogP contribution in [-0.4, -0.2) is 15.7 Å². The molecular formula is C13H16F6N2. The standard InChI is InChI=1S/C13H16F6N2/c1-6(2)4-5-21-9-8(11(20-21)13(17,18)19)7(3)12(15,16)10(9)14/h6-7,10H,4-5H2,1-3H3/t7-,10-/m0/s1. The number of hydrogen-bond acceptors (Lipinski definition) is 1. The third-order valence-electron chi connectivity index (χ3n) is 3.80. The van der Waals surface area contributed by atoms with Gasteiger partial charge in [-0.25, -0.2) is 13.2 Å². The van der Waals surface area contributed by atoms with Gasteiger partial charge in [-0.1, -0.05) is 20.8 Å². The quantitative estimate of drug-likeness (QED) is 0.739. The van der Waals surface area contributed by atoms with E-state index in [0.717, 1.165) is 11.6 Å². The smallest absolute Gasteiger partial charge is 0.265 e. The topological polar surface area (TPSA) is 17.8 Å². The molecule has 0 radical (unpaired) electrons. The van der Waals surface area contributed by atoms with Crippen LogP contribution >= 0.6 is 0 Å². The fourth-order valence-corrected chi connectivity index (χ4v) is 2.54. The molecule has 0 spiro atoms. The van der Waals surface area contributed by atoms with Crippen molar-refractivity contribution in [3.05, 3.63) is 17.0 Å². The Kier molecular flexibility index (Phi) is 3.78. The van der Waals surface area contributed by atoms with Gasteiger partial charge < -0.3 is 0 Å². The Bertz CT molecular complexity index is 531. The first-order valence-electron chi connectivity index (χ1n) is 6.67. The van der Waals surface area contributed by atoms with Crippen molar-refractivity contribution in [2.75, 3.05) is 0 Å². The Morgan fingerprint density at radius 3 is 2.33 bits per heavy atom. The SMILES string of the molecule is CC(C)CCn1nc(C(F)(F)F)c2c1[C@H](F)C(F)(F)[C@H]2C. The van der Waals surface area contributed by atoms with Crippen LogP contribution < -0.4 is 0 Å². The monoisotopic (exact) mass is 314 g/mol. The summed E-state index contributed by atoms with van der Waals surface area (Å²) in [6, 6.07) is 0. The van der Waals surface area contributed by atoms with Crippen molar-refractivity contribution in [3.8, 4) is 0 Å². The van der Waals surface area contributed by atoms with Crippen molar-refractivity contribution >= 4 is 0 Å². The van der Waals surface area contributed by atoms with Gasteiger partial charge in [0.25, 0.3) is 5.92 Å². The lowest BCUT2D eigenvalue weighted by atomic mass is 10.0. The van der Waals surface area contributed by atoms with E-state index >= 15 is 0 Å². The van der Waals surface area contributed by atoms with Crippen molar-refractivity contribution in [2.45, 2.75) is 57.9 Å². The van der Waals surface area contributed by atoms with E-state index in [4.69, 9.17) is 0 Å². The summed E-state index contributed by atoms with van der Waals surface area (Å²) < 4.78 is 81.1. The Hall–Kier alpha value is -1.21. The van der Waals surface area contributed by atoms with Gasteiger partial charge in [0, 0.05) is 12.1 Å². The van der Waals surface area contributed by atoms with Crippen LogP contribution in [0.25, 0.3) is 0 Å². The number of halogens is 6. The molecule has 21 heavy (non-hydrogen) atoms. The lowest BCUT2D eigenvalue weighted by Gasteiger charge is -2.19. The van der Waals surface area contributed by atoms with Crippen LogP contribution in [0.1, 0.15) is 56.2 Å². The largest absolute Gasteiger partial charge is 0.435 e. The van der Waals surface area contributed by atoms with Gasteiger partial charge in [0.05, 0.1) is 11.6 Å². The number of aryl methyl sites for hydroxylation is 1. The summed E-state index contributed by atoms with van der Waals surface area (Å²) in [7, 11) is 0. The molecule has 120 valence electrons. The Balaban J connectivity index is 2.55. The summed E-state index contributed by atoms with van der Waals surface area (Å²) in [5.74, 6) is -5.55. The number of alkyl halides is 6. The minimum Gasteiger partial charge on any atom is -0.265 e. The summed E-state index contributed by atoms with van der Waals surface area (Å²) in [4.78, 5) is 0. The van der Waals surface area contributed by atoms with E-state index in [1.54, 1.807) is 0 Å². The highest BCUT2D eigenvalue weighted by molar-refractivity contribution is 5.41. The highest BCUT2D eigenvalue weighted by Gasteiger charge is 2.60. The van der Waals surface area contributed by atoms with E-state index in [9.17, 15) is 26.3 Å². The van der Waals surface area contributed by atoms with Gasteiger partial charge in [-0.05, 0) is 12.3 Å². The van der Waals surface area contributed by atoms with Crippen LogP contribution in [0.2, 0.25) is 0 Å². The van der Waals surface area contributed by atoms with E-state index in [0.29, 0.717) is 6.42 Å². The molecule has 1 aromatic rings. The molecule has 1 aliphatic carbocycles. The first-order chi connectivity index (χ1) is 9.48. The molecule has 1 heterocycles. The first-order valence-corrected chi connectivity index (χ1v) is 6.67. The molecule has 1 aliphatic rings. The van der Waals surface area contributed by atoms with Crippen LogP contribution in [0.4, 0.5) is 26.3 Å². The maximum Gasteiger partial charge on any atom is 0.435 e. The predicted octanol–water partition coefficient (Wildman–Crippen LogP) is 4.71. The molecule has 2 atom stereocenters. The van der Waals surface area contributed by atoms with Crippen LogP contribution in [-0.2, 0) is 12.7 Å². The van der Waals surface area contributed by atoms with E-state index in [-0.39, 0.29) is 12.5 Å². The molecule has 8 heteroatoms. The molecular weight excluding hydrogens is 298 g/mol. The van der Waals surface area contributed by atoms with Crippen LogP contribution in [0.5, 0.6) is 0 Å². The molecule has 2 nitrogen and oxygen atoms in total. The molecule has 0 amide bonds. The Labute approximate surface area is 118 Å². The highest BCUT2D eigenvalue weighted by atomic mass is 19.4. The molecule has 0 saturated carbocycles. The van der Waals surface area contributed by atoms with Gasteiger partial charge in [0.2, 0.25) is 6.17 Å². The fourth-order valence-electron chi connectivity index (χ4n) is 2.54. The first kappa shape index (κ1) is 16.2. The van der Waals surface area contributed by atoms with Crippen molar-refractivity contribution in [1.29, 1.82) is 0 Å². The molecule has 0 saturated heterocycles. The second kappa shape index (κ2) is 4.91. The van der Waals surface area contributed by atoms with Gasteiger partial charge in [0.1, 0.15) is 0 Å². The third-order valence-corrected chi connectivity index (χ3v) is 3.80. The van der Waals surface area contributed by atoms with Crippen LogP contribution in [0, 0.1) is 5.92 Å². The molecule has 0 unspecified atom stereocenters. The fraction of sp³-hybridized carbons (Fsp3) is 0.769. The zero-order chi connectivity index (χ0) is 16.2. The number of fused-ring (bicyclic) bond motifs is 1. The number of nitrogens with zero attached hydrogens (tertiary/aromatic N) is 2. The summed E-state index contributed by atoms with van der Waals surface area (Å²) in [6.45, 7) is 4.55. The molecule has 0 N–H and O–H groups in total. The van der Waals surface area contributed by atoms with Crippen molar-refractivity contribution in [3.63, 3.8) is 0 Å². The normalized spacial score (nSPS) is 24.7. The van der Waals surface area contributed by atoms with Gasteiger partial charge in [-0.15, -0.1) is 0 Å². The maximum atomic E-state index is 14.0. The zero-order valence-electron chi connectivity index (χ0n) is 11.8. The van der Waals surface area contributed by atoms with Gasteiger partial charge in [-0.3, -0.25) is 4.68 Å². The van der Waals surface area contributed by atoms with Gasteiger partial charge >= 0.3 is 6.18 Å². The summed E-state index contributed by atoms with van der Waals surface area (Å²) >= 11 is 0. The summed E-state index contributed by atoms with van der Waals surface area (Å²) in [5, 5.41) is 3.36. The predicted molar refractivity (Wildman–Crippen MR) is 63.9 cm³/mol. The molecule has 0 aliphatic heterocycles. The van der Waals surface area contributed by atoms with Gasteiger partial charge in [0.15, 0.2) is 5.69 Å². The molecule has 1 aromatic heterocycles. The highest BCUT2D eigenvalue weighted by Crippen LogP contribution is 2.56. The summed E-state index contributed by atoms with van der Waals surface area (Å²) in [6.07, 6.45) is -7.20. The number of aromatic nitrogens is 2. The Morgan fingerprint density at radius 1 is 1.29 bits per heavy atom. The van der Waals surface area contributed by atoms with E-state index in [1.807, 2.05) is 13.8 Å². The number of hydrogen-bond donors (Lipinski definition) is 0. The molecule has 0 fully saturated rings. The average Bonchev–Trinajstić information content (AvgIpc) is 2.79. The van der Waals surface area contributed by atoms with E-state index < -0.39 is 41.1 Å². The second-order valence-electron chi connectivity index (χ2n) is 5.81. The molecule has 0 aromatic carbocycles. The number of rotatable bonds is 3. The van der Waals surface area contributed by atoms with E-state index in [1.165, 1.54) is 0 Å². The van der Waals surface area contributed by atoms with E-state index in [2.05, 4.69) is 5.10 Å². The second-order valence-corrected chi connectivity index (χ2v) is 5.81. The van der Waals surface area contributed by atoms with Crippen molar-refractivity contribution in [2.24, 2.45) is 5.92 Å². The lowest BCUT2D eigenvalue weighted by Crippen LogP contribution is -2.26. The zero-order valence-corrected chi connectivity index (χ0v) is 11.8. The minimum absolute atomic E-state index is 0.0146. The maximum absolute atomic E-state index is 14.0. The summed E-state index contributed by atoms with van der Waals surface area (Å²) in [5.41, 5.74) is -2.72. The minimum atomic E-state index is -4.87. The third kappa shape index (κ3) is 2.53. The van der Waals surface area contributed by atoms with Crippen molar-refractivity contribution < 1.29 is 26.3 Å².